The van der Waals surface area contributed by atoms with E-state index in [0.717, 1.165) is 4.90 Å². The maximum Gasteiger partial charge on any atom is 0.258 e. The quantitative estimate of drug-likeness (QED) is 0.656. The van der Waals surface area contributed by atoms with Crippen LogP contribution in [-0.2, 0) is 4.79 Å². The number of carbonyl (C=O) groups is 2. The molecule has 0 bridgehead atoms. The summed E-state index contributed by atoms with van der Waals surface area (Å²) in [6, 6.07) is 10.1. The van der Waals surface area contributed by atoms with Crippen LogP contribution in [0.5, 0.6) is 0 Å². The molecular formula is C17H12N4O3S. The highest BCUT2D eigenvalue weighted by Gasteiger charge is 2.17. The highest BCUT2D eigenvalue weighted by molar-refractivity contribution is 8.00. The van der Waals surface area contributed by atoms with Gasteiger partial charge in [-0.05, 0) is 36.4 Å². The van der Waals surface area contributed by atoms with E-state index in [2.05, 4.69) is 20.6 Å². The largest absolute Gasteiger partial charge is 0.324 e. The fourth-order valence-corrected chi connectivity index (χ4v) is 3.36. The number of aromatic amines is 1. The molecule has 3 aromatic rings. The molecule has 25 heavy (non-hydrogen) atoms. The van der Waals surface area contributed by atoms with Crippen molar-refractivity contribution in [1.29, 1.82) is 0 Å². The number of anilines is 2. The van der Waals surface area contributed by atoms with E-state index >= 15 is 0 Å². The second-order valence-corrected chi connectivity index (χ2v) is 6.48. The normalized spacial score (nSPS) is 13.2. The van der Waals surface area contributed by atoms with Crippen molar-refractivity contribution in [3.05, 3.63) is 58.6 Å². The lowest BCUT2D eigenvalue weighted by atomic mass is 10.1. The molecule has 2 amide bonds. The van der Waals surface area contributed by atoms with E-state index in [-0.39, 0.29) is 17.4 Å². The molecular weight excluding hydrogens is 340 g/mol. The highest BCUT2D eigenvalue weighted by atomic mass is 32.2. The molecule has 0 saturated heterocycles. The molecule has 2 heterocycles. The summed E-state index contributed by atoms with van der Waals surface area (Å²) in [7, 11) is 0. The van der Waals surface area contributed by atoms with Gasteiger partial charge in [0, 0.05) is 16.1 Å². The third-order valence-electron chi connectivity index (χ3n) is 3.77. The second kappa shape index (κ2) is 6.06. The van der Waals surface area contributed by atoms with Crippen LogP contribution in [0, 0.1) is 0 Å². The summed E-state index contributed by atoms with van der Waals surface area (Å²) in [6.45, 7) is 0. The van der Waals surface area contributed by atoms with Gasteiger partial charge in [0.05, 0.1) is 28.7 Å². The zero-order valence-corrected chi connectivity index (χ0v) is 13.6. The standard InChI is InChI=1S/C17H12N4O3S/c22-15-7-25-14-4-1-9(5-13(14)21-15)16(23)20-10-2-3-12-11(6-10)17(24)19-8-18-12/h1-6,8H,7H2,(H,20,23)(H,21,22)(H,18,19,24). The van der Waals surface area contributed by atoms with E-state index in [9.17, 15) is 14.4 Å². The number of amides is 2. The Balaban J connectivity index is 1.62. The van der Waals surface area contributed by atoms with Crippen LogP contribution in [0.3, 0.4) is 0 Å². The number of hydrogen-bond donors (Lipinski definition) is 3. The average Bonchev–Trinajstić information content (AvgIpc) is 2.61. The Morgan fingerprint density at radius 1 is 1.16 bits per heavy atom. The van der Waals surface area contributed by atoms with Crippen molar-refractivity contribution in [3.63, 3.8) is 0 Å². The molecule has 0 radical (unpaired) electrons. The SMILES string of the molecule is O=C1CSc2ccc(C(=O)Nc3ccc4nc[nH]c(=O)c4c3)cc2N1. The maximum atomic E-state index is 12.5. The zero-order valence-electron chi connectivity index (χ0n) is 12.8. The summed E-state index contributed by atoms with van der Waals surface area (Å²) in [5.41, 5.74) is 1.83. The molecule has 0 atom stereocenters. The molecule has 124 valence electrons. The van der Waals surface area contributed by atoms with Gasteiger partial charge in [0.15, 0.2) is 0 Å². The Labute approximate surface area is 145 Å². The van der Waals surface area contributed by atoms with Gasteiger partial charge in [0.2, 0.25) is 5.91 Å². The van der Waals surface area contributed by atoms with Crippen molar-refractivity contribution < 1.29 is 9.59 Å². The lowest BCUT2D eigenvalue weighted by Gasteiger charge is -2.17. The van der Waals surface area contributed by atoms with Crippen molar-refractivity contribution in [2.75, 3.05) is 16.4 Å². The van der Waals surface area contributed by atoms with Crippen LogP contribution in [0.1, 0.15) is 10.4 Å². The molecule has 3 N–H and O–H groups in total. The summed E-state index contributed by atoms with van der Waals surface area (Å²) in [5.74, 6) is -0.0401. The predicted octanol–water partition coefficient (Wildman–Crippen LogP) is 2.22. The number of carbonyl (C=O) groups excluding carboxylic acids is 2. The van der Waals surface area contributed by atoms with E-state index in [0.29, 0.717) is 33.6 Å². The molecule has 1 aliphatic heterocycles. The fraction of sp³-hybridized carbons (Fsp3) is 0.0588. The smallest absolute Gasteiger partial charge is 0.258 e. The van der Waals surface area contributed by atoms with Crippen molar-refractivity contribution in [2.24, 2.45) is 0 Å². The van der Waals surface area contributed by atoms with E-state index in [1.54, 1.807) is 30.3 Å². The average molecular weight is 352 g/mol. The number of thioether (sulfide) groups is 1. The number of fused-ring (bicyclic) bond motifs is 2. The van der Waals surface area contributed by atoms with Crippen LogP contribution in [0.15, 0.2) is 52.4 Å². The Morgan fingerprint density at radius 3 is 2.92 bits per heavy atom. The van der Waals surface area contributed by atoms with Crippen LogP contribution in [-0.4, -0.2) is 27.5 Å². The monoisotopic (exact) mass is 352 g/mol. The summed E-state index contributed by atoms with van der Waals surface area (Å²) in [6.07, 6.45) is 1.34. The number of nitrogens with one attached hydrogen (secondary N) is 3. The molecule has 0 spiro atoms. The molecule has 8 heteroatoms. The number of H-pyrrole nitrogens is 1. The number of rotatable bonds is 2. The first-order valence-electron chi connectivity index (χ1n) is 7.46. The minimum absolute atomic E-state index is 0.0867. The molecule has 0 aliphatic carbocycles. The maximum absolute atomic E-state index is 12.5. The van der Waals surface area contributed by atoms with Gasteiger partial charge in [-0.1, -0.05) is 0 Å². The summed E-state index contributed by atoms with van der Waals surface area (Å²) in [5, 5.41) is 5.91. The van der Waals surface area contributed by atoms with Crippen LogP contribution in [0.25, 0.3) is 10.9 Å². The number of aromatic nitrogens is 2. The van der Waals surface area contributed by atoms with Gasteiger partial charge in [-0.2, -0.15) is 0 Å². The Hall–Kier alpha value is -3.13. The van der Waals surface area contributed by atoms with Crippen molar-refractivity contribution in [1.82, 2.24) is 9.97 Å². The molecule has 0 fully saturated rings. The lowest BCUT2D eigenvalue weighted by Crippen LogP contribution is -2.20. The predicted molar refractivity (Wildman–Crippen MR) is 96.1 cm³/mol. The molecule has 0 saturated carbocycles. The van der Waals surface area contributed by atoms with Gasteiger partial charge in [0.25, 0.3) is 11.5 Å². The van der Waals surface area contributed by atoms with Crippen LogP contribution >= 0.6 is 11.8 Å². The van der Waals surface area contributed by atoms with Crippen molar-refractivity contribution in [3.8, 4) is 0 Å². The zero-order chi connectivity index (χ0) is 17.4. The molecule has 2 aromatic carbocycles. The lowest BCUT2D eigenvalue weighted by molar-refractivity contribution is -0.113. The van der Waals surface area contributed by atoms with Gasteiger partial charge < -0.3 is 15.6 Å². The fourth-order valence-electron chi connectivity index (χ4n) is 2.57. The van der Waals surface area contributed by atoms with Crippen molar-refractivity contribution >= 4 is 45.9 Å². The molecule has 1 aliphatic rings. The van der Waals surface area contributed by atoms with E-state index < -0.39 is 0 Å². The van der Waals surface area contributed by atoms with Crippen LogP contribution < -0.4 is 16.2 Å². The number of hydrogen-bond acceptors (Lipinski definition) is 5. The Bertz CT molecular complexity index is 1080. The molecule has 1 aromatic heterocycles. The molecule has 4 rings (SSSR count). The molecule has 0 unspecified atom stereocenters. The molecule has 7 nitrogen and oxygen atoms in total. The highest BCUT2D eigenvalue weighted by Crippen LogP contribution is 2.32. The number of nitrogens with zero attached hydrogens (tertiary/aromatic N) is 1. The first kappa shape index (κ1) is 15.4. The van der Waals surface area contributed by atoms with E-state index in [4.69, 9.17) is 0 Å². The minimum atomic E-state index is -0.327. The van der Waals surface area contributed by atoms with Crippen LogP contribution in [0.4, 0.5) is 11.4 Å². The number of benzene rings is 2. The van der Waals surface area contributed by atoms with Gasteiger partial charge >= 0.3 is 0 Å². The minimum Gasteiger partial charge on any atom is -0.324 e. The van der Waals surface area contributed by atoms with Crippen LogP contribution in [0.2, 0.25) is 0 Å². The third kappa shape index (κ3) is 2.99. The van der Waals surface area contributed by atoms with Gasteiger partial charge in [0.1, 0.15) is 0 Å². The first-order chi connectivity index (χ1) is 12.1. The summed E-state index contributed by atoms with van der Waals surface area (Å²) >= 11 is 1.44. The van der Waals surface area contributed by atoms with Crippen molar-refractivity contribution in [2.45, 2.75) is 4.90 Å². The summed E-state index contributed by atoms with van der Waals surface area (Å²) in [4.78, 5) is 43.3. The third-order valence-corrected chi connectivity index (χ3v) is 4.85. The Kier molecular flexibility index (Phi) is 3.73. The van der Waals surface area contributed by atoms with E-state index in [1.165, 1.54) is 18.1 Å². The summed E-state index contributed by atoms with van der Waals surface area (Å²) < 4.78 is 0. The van der Waals surface area contributed by atoms with Gasteiger partial charge in [-0.25, -0.2) is 4.98 Å². The second-order valence-electron chi connectivity index (χ2n) is 5.47. The van der Waals surface area contributed by atoms with Gasteiger partial charge in [-0.3, -0.25) is 14.4 Å². The Morgan fingerprint density at radius 2 is 2.04 bits per heavy atom. The topological polar surface area (TPSA) is 104 Å². The van der Waals surface area contributed by atoms with Gasteiger partial charge in [-0.15, -0.1) is 11.8 Å². The van der Waals surface area contributed by atoms with E-state index in [1.807, 2.05) is 6.07 Å². The first-order valence-corrected chi connectivity index (χ1v) is 8.44.